The highest BCUT2D eigenvalue weighted by atomic mass is 16.5. The molecule has 30 heavy (non-hydrogen) atoms. The zero-order valence-electron chi connectivity index (χ0n) is 18.2. The first-order chi connectivity index (χ1) is 14.4. The topological polar surface area (TPSA) is 85.2 Å². The van der Waals surface area contributed by atoms with E-state index in [0.29, 0.717) is 18.4 Å². The summed E-state index contributed by atoms with van der Waals surface area (Å²) in [6, 6.07) is 5.76. The lowest BCUT2D eigenvalue weighted by Crippen LogP contribution is -2.41. The summed E-state index contributed by atoms with van der Waals surface area (Å²) in [6.45, 7) is 5.88. The lowest BCUT2D eigenvalue weighted by molar-refractivity contribution is -0.0894. The van der Waals surface area contributed by atoms with Crippen LogP contribution in [0.15, 0.2) is 23.2 Å². The van der Waals surface area contributed by atoms with Gasteiger partial charge in [-0.25, -0.2) is 14.6 Å². The molecule has 2 aliphatic rings. The summed E-state index contributed by atoms with van der Waals surface area (Å²) in [5.74, 6) is -0.481. The third-order valence-corrected chi connectivity index (χ3v) is 6.51. The lowest BCUT2D eigenvalue weighted by atomic mass is 9.84. The van der Waals surface area contributed by atoms with Crippen molar-refractivity contribution in [2.24, 2.45) is 10.9 Å². The quantitative estimate of drug-likeness (QED) is 0.397. The molecular weight excluding hydrogens is 382 g/mol. The van der Waals surface area contributed by atoms with Gasteiger partial charge in [0.05, 0.1) is 29.9 Å². The highest BCUT2D eigenvalue weighted by Crippen LogP contribution is 2.32. The Kier molecular flexibility index (Phi) is 7.81. The number of cyclic esters (lactones) is 1. The van der Waals surface area contributed by atoms with E-state index < -0.39 is 6.10 Å². The van der Waals surface area contributed by atoms with Crippen LogP contribution in [0.5, 0.6) is 0 Å². The highest BCUT2D eigenvalue weighted by molar-refractivity contribution is 5.94. The van der Waals surface area contributed by atoms with Crippen LogP contribution in [-0.2, 0) is 27.1 Å². The Morgan fingerprint density at radius 1 is 1.27 bits per heavy atom. The van der Waals surface area contributed by atoms with Crippen molar-refractivity contribution in [3.05, 3.63) is 34.9 Å². The van der Waals surface area contributed by atoms with E-state index in [1.807, 2.05) is 32.0 Å². The standard InChI is InChI=1S/C24H33NO5/c1-4-7-17-8-5-9-18-12-22(30-24(28)23(17)18)15(2)20(27)13-19-10-6-11-21(29-19)16(3)25-14-26/h5,8-9,15-16,19-22,27H,4,6-7,10-13H2,1-3H3. The molecule has 0 aliphatic carbocycles. The summed E-state index contributed by atoms with van der Waals surface area (Å²) in [6.07, 6.45) is 6.02. The fraction of sp³-hybridized carbons (Fsp3) is 0.667. The maximum absolute atomic E-state index is 12.7. The molecule has 1 fully saturated rings. The van der Waals surface area contributed by atoms with Gasteiger partial charge < -0.3 is 14.6 Å². The highest BCUT2D eigenvalue weighted by Gasteiger charge is 2.36. The van der Waals surface area contributed by atoms with E-state index in [2.05, 4.69) is 11.9 Å². The predicted octanol–water partition coefficient (Wildman–Crippen LogP) is 3.77. The molecule has 6 nitrogen and oxygen atoms in total. The van der Waals surface area contributed by atoms with Gasteiger partial charge in [-0.2, -0.15) is 0 Å². The SMILES string of the molecule is CCCc1cccc2c1C(=O)OC(C(C)C(O)CC1CCCC(C(C)N=C=O)O1)C2. The van der Waals surface area contributed by atoms with Crippen molar-refractivity contribution in [3.8, 4) is 0 Å². The molecule has 1 saturated heterocycles. The molecule has 2 aliphatic heterocycles. The number of aryl methyl sites for hydroxylation is 1. The molecule has 6 unspecified atom stereocenters. The first-order valence-electron chi connectivity index (χ1n) is 11.2. The second-order valence-corrected chi connectivity index (χ2v) is 8.70. The molecule has 0 aromatic heterocycles. The van der Waals surface area contributed by atoms with Gasteiger partial charge in [0, 0.05) is 12.3 Å². The second kappa shape index (κ2) is 10.3. The van der Waals surface area contributed by atoms with Crippen LogP contribution in [0.3, 0.4) is 0 Å². The fourth-order valence-electron chi connectivity index (χ4n) is 4.67. The molecule has 0 spiro atoms. The average Bonchev–Trinajstić information content (AvgIpc) is 2.73. The lowest BCUT2D eigenvalue weighted by Gasteiger charge is -2.36. The summed E-state index contributed by atoms with van der Waals surface area (Å²) in [4.78, 5) is 27.0. The molecule has 6 heteroatoms. The van der Waals surface area contributed by atoms with Gasteiger partial charge in [-0.3, -0.25) is 0 Å². The first-order valence-corrected chi connectivity index (χ1v) is 11.2. The van der Waals surface area contributed by atoms with Crippen LogP contribution in [0.25, 0.3) is 0 Å². The van der Waals surface area contributed by atoms with Crippen LogP contribution in [0.1, 0.15) is 74.4 Å². The van der Waals surface area contributed by atoms with E-state index in [1.165, 1.54) is 0 Å². The van der Waals surface area contributed by atoms with Crippen molar-refractivity contribution in [1.82, 2.24) is 0 Å². The van der Waals surface area contributed by atoms with E-state index in [1.54, 1.807) is 6.08 Å². The Morgan fingerprint density at radius 2 is 2.07 bits per heavy atom. The van der Waals surface area contributed by atoms with E-state index in [9.17, 15) is 14.7 Å². The number of carbonyl (C=O) groups is 1. The Labute approximate surface area is 178 Å². The largest absolute Gasteiger partial charge is 0.458 e. The smallest absolute Gasteiger partial charge is 0.338 e. The number of ether oxygens (including phenoxy) is 2. The number of rotatable bonds is 8. The van der Waals surface area contributed by atoms with Gasteiger partial charge in [-0.1, -0.05) is 38.5 Å². The van der Waals surface area contributed by atoms with E-state index >= 15 is 0 Å². The summed E-state index contributed by atoms with van der Waals surface area (Å²) in [5.41, 5.74) is 2.76. The third-order valence-electron chi connectivity index (χ3n) is 6.51. The number of hydrogen-bond donors (Lipinski definition) is 1. The molecule has 1 N–H and O–H groups in total. The summed E-state index contributed by atoms with van der Waals surface area (Å²) >= 11 is 0. The van der Waals surface area contributed by atoms with Crippen LogP contribution in [0, 0.1) is 5.92 Å². The number of aliphatic hydroxyl groups excluding tert-OH is 1. The van der Waals surface area contributed by atoms with Crippen LogP contribution in [0.2, 0.25) is 0 Å². The Morgan fingerprint density at radius 3 is 2.80 bits per heavy atom. The summed E-state index contributed by atoms with van der Waals surface area (Å²) in [5, 5.41) is 10.9. The minimum absolute atomic E-state index is 0.0896. The molecule has 2 heterocycles. The Hall–Kier alpha value is -2.01. The minimum Gasteiger partial charge on any atom is -0.458 e. The number of hydrogen-bond acceptors (Lipinski definition) is 6. The first kappa shape index (κ1) is 22.7. The molecular formula is C24H33NO5. The Balaban J connectivity index is 1.62. The number of isocyanates is 1. The van der Waals surface area contributed by atoms with Crippen LogP contribution >= 0.6 is 0 Å². The van der Waals surface area contributed by atoms with Gasteiger partial charge >= 0.3 is 5.97 Å². The predicted molar refractivity (Wildman–Crippen MR) is 113 cm³/mol. The molecule has 3 rings (SSSR count). The van der Waals surface area contributed by atoms with Crippen molar-refractivity contribution >= 4 is 12.0 Å². The van der Waals surface area contributed by atoms with Gasteiger partial charge in [-0.15, -0.1) is 0 Å². The minimum atomic E-state index is -0.642. The van der Waals surface area contributed by atoms with Crippen molar-refractivity contribution in [2.75, 3.05) is 0 Å². The van der Waals surface area contributed by atoms with Crippen LogP contribution in [-0.4, -0.2) is 47.6 Å². The number of benzene rings is 1. The number of fused-ring (bicyclic) bond motifs is 1. The summed E-state index contributed by atoms with van der Waals surface area (Å²) < 4.78 is 11.9. The molecule has 0 radical (unpaired) electrons. The van der Waals surface area contributed by atoms with Crippen LogP contribution in [0.4, 0.5) is 0 Å². The van der Waals surface area contributed by atoms with Gasteiger partial charge in [-0.05, 0) is 50.2 Å². The van der Waals surface area contributed by atoms with Gasteiger partial charge in [0.2, 0.25) is 6.08 Å². The molecule has 1 aromatic carbocycles. The third kappa shape index (κ3) is 5.18. The molecule has 0 saturated carbocycles. The molecule has 0 bridgehead atoms. The van der Waals surface area contributed by atoms with Crippen molar-refractivity contribution in [3.63, 3.8) is 0 Å². The second-order valence-electron chi connectivity index (χ2n) is 8.70. The van der Waals surface area contributed by atoms with Gasteiger partial charge in [0.15, 0.2) is 0 Å². The number of carbonyl (C=O) groups excluding carboxylic acids is 2. The molecule has 1 aromatic rings. The van der Waals surface area contributed by atoms with Crippen LogP contribution < -0.4 is 0 Å². The van der Waals surface area contributed by atoms with Crippen molar-refractivity contribution < 1.29 is 24.2 Å². The maximum Gasteiger partial charge on any atom is 0.338 e. The van der Waals surface area contributed by atoms with E-state index in [-0.39, 0.29) is 36.2 Å². The van der Waals surface area contributed by atoms with Crippen molar-refractivity contribution in [1.29, 1.82) is 0 Å². The van der Waals surface area contributed by atoms with Gasteiger partial charge in [0.25, 0.3) is 0 Å². The zero-order chi connectivity index (χ0) is 21.7. The fourth-order valence-corrected chi connectivity index (χ4v) is 4.67. The maximum atomic E-state index is 12.7. The van der Waals surface area contributed by atoms with Gasteiger partial charge in [0.1, 0.15) is 6.10 Å². The van der Waals surface area contributed by atoms with E-state index in [0.717, 1.165) is 43.2 Å². The normalized spacial score (nSPS) is 26.7. The monoisotopic (exact) mass is 415 g/mol. The molecule has 0 amide bonds. The van der Waals surface area contributed by atoms with Crippen molar-refractivity contribution in [2.45, 2.75) is 96.2 Å². The average molecular weight is 416 g/mol. The van der Waals surface area contributed by atoms with E-state index in [4.69, 9.17) is 9.47 Å². The number of nitrogens with zero attached hydrogens (tertiary/aromatic N) is 1. The number of esters is 1. The molecule has 164 valence electrons. The zero-order valence-corrected chi connectivity index (χ0v) is 18.2. The Bertz CT molecular complexity index is 788. The molecule has 6 atom stereocenters. The number of aliphatic imine (C=N–C) groups is 1. The number of aliphatic hydroxyl groups is 1. The summed E-state index contributed by atoms with van der Waals surface area (Å²) in [7, 11) is 0.